The fourth-order valence-corrected chi connectivity index (χ4v) is 1.62. The molecule has 0 atom stereocenters. The van der Waals surface area contributed by atoms with Crippen LogP contribution in [-0.4, -0.2) is 23.6 Å². The van der Waals surface area contributed by atoms with E-state index < -0.39 is 0 Å². The number of hydrogen-bond donors (Lipinski definition) is 1. The molecule has 0 aromatic carbocycles. The molecule has 0 spiro atoms. The van der Waals surface area contributed by atoms with Crippen LogP contribution in [0.15, 0.2) is 17.4 Å². The highest BCUT2D eigenvalue weighted by Gasteiger charge is 2.14. The molecular weight excluding hydrogens is 242 g/mol. The van der Waals surface area contributed by atoms with Gasteiger partial charge in [0.25, 0.3) is 5.91 Å². The molecule has 7 heteroatoms. The summed E-state index contributed by atoms with van der Waals surface area (Å²) in [7, 11) is 0. The Kier molecular flexibility index (Phi) is 4.87. The van der Waals surface area contributed by atoms with Crippen molar-refractivity contribution in [1.29, 1.82) is 0 Å². The number of hydrogen-bond acceptors (Lipinski definition) is 2. The summed E-state index contributed by atoms with van der Waals surface area (Å²) in [6.45, 7) is 4.47. The fraction of sp³-hybridized carbons (Fsp3) is 0.500. The summed E-state index contributed by atoms with van der Waals surface area (Å²) in [5, 5.41) is 6.52. The average molecular weight is 256 g/mol. The van der Waals surface area contributed by atoms with Crippen LogP contribution in [0.5, 0.6) is 0 Å². The van der Waals surface area contributed by atoms with Crippen molar-refractivity contribution in [3.63, 3.8) is 0 Å². The summed E-state index contributed by atoms with van der Waals surface area (Å²) in [6.07, 6.45) is 1.72. The lowest BCUT2D eigenvalue weighted by atomic mass is 10.3. The first-order valence-electron chi connectivity index (χ1n) is 5.22. The largest absolute Gasteiger partial charge is 0.351 e. The molecule has 0 bridgehead atoms. The number of nitrogens with one attached hydrogen (secondary N) is 1. The molecule has 6 nitrogen and oxygen atoms in total. The summed E-state index contributed by atoms with van der Waals surface area (Å²) in [4.78, 5) is 14.4. The topological polar surface area (TPSA) is 82.8 Å². The number of aromatic nitrogens is 1. The first-order valence-corrected chi connectivity index (χ1v) is 5.60. The predicted octanol–water partition coefficient (Wildman–Crippen LogP) is 2.76. The van der Waals surface area contributed by atoms with E-state index in [9.17, 15) is 4.79 Å². The lowest BCUT2D eigenvalue weighted by molar-refractivity contribution is 0.0944. The van der Waals surface area contributed by atoms with Gasteiger partial charge in [0.2, 0.25) is 0 Å². The van der Waals surface area contributed by atoms with E-state index in [0.29, 0.717) is 17.3 Å². The van der Waals surface area contributed by atoms with Gasteiger partial charge in [0.1, 0.15) is 5.69 Å². The highest BCUT2D eigenvalue weighted by Crippen LogP contribution is 2.18. The Labute approximate surface area is 104 Å². The van der Waals surface area contributed by atoms with Crippen molar-refractivity contribution in [1.82, 2.24) is 9.88 Å². The molecule has 0 aliphatic carbocycles. The van der Waals surface area contributed by atoms with E-state index in [1.54, 1.807) is 16.8 Å². The zero-order chi connectivity index (χ0) is 12.8. The van der Waals surface area contributed by atoms with E-state index in [1.165, 1.54) is 0 Å². The van der Waals surface area contributed by atoms with Gasteiger partial charge >= 0.3 is 0 Å². The molecule has 0 radical (unpaired) electrons. The van der Waals surface area contributed by atoms with Crippen molar-refractivity contribution in [3.8, 4) is 0 Å². The minimum Gasteiger partial charge on any atom is -0.351 e. The third-order valence-corrected chi connectivity index (χ3v) is 2.37. The summed E-state index contributed by atoms with van der Waals surface area (Å²) >= 11 is 5.87. The highest BCUT2D eigenvalue weighted by atomic mass is 35.5. The van der Waals surface area contributed by atoms with Crippen LogP contribution in [-0.2, 0) is 0 Å². The highest BCUT2D eigenvalue weighted by molar-refractivity contribution is 6.31. The Bertz CT molecular complexity index is 448. The van der Waals surface area contributed by atoms with Crippen molar-refractivity contribution >= 4 is 17.5 Å². The number of carbonyl (C=O) groups is 1. The van der Waals surface area contributed by atoms with Crippen molar-refractivity contribution in [2.24, 2.45) is 5.11 Å². The molecule has 1 aromatic heterocycles. The first kappa shape index (κ1) is 13.4. The Balaban J connectivity index is 2.71. The summed E-state index contributed by atoms with van der Waals surface area (Å²) in [6, 6.07) is 1.77. The monoisotopic (exact) mass is 255 g/mol. The lowest BCUT2D eigenvalue weighted by Gasteiger charge is -2.12. The van der Waals surface area contributed by atoms with E-state index in [1.807, 2.05) is 13.8 Å². The zero-order valence-corrected chi connectivity index (χ0v) is 10.5. The fourth-order valence-electron chi connectivity index (χ4n) is 1.41. The maximum atomic E-state index is 11.8. The molecule has 0 aliphatic heterocycles. The lowest BCUT2D eigenvalue weighted by Crippen LogP contribution is -2.28. The van der Waals surface area contributed by atoms with Gasteiger partial charge in [0.15, 0.2) is 0 Å². The SMILES string of the molecule is CC(C)n1cc(Cl)cc1C(=O)NCCN=[N+]=[N-]. The maximum Gasteiger partial charge on any atom is 0.267 e. The molecule has 0 saturated carbocycles. The number of nitrogens with zero attached hydrogens (tertiary/aromatic N) is 4. The standard InChI is InChI=1S/C10H14ClN5O/c1-7(2)16-6-8(11)5-9(16)10(17)13-3-4-14-15-12/h5-7H,3-4H2,1-2H3,(H,13,17). The van der Waals surface area contributed by atoms with Gasteiger partial charge in [0.05, 0.1) is 5.02 Å². The second kappa shape index (κ2) is 6.18. The van der Waals surface area contributed by atoms with Gasteiger partial charge in [-0.2, -0.15) is 0 Å². The number of azide groups is 1. The van der Waals surface area contributed by atoms with E-state index in [2.05, 4.69) is 15.3 Å². The molecule has 0 saturated heterocycles. The van der Waals surface area contributed by atoms with Crippen LogP contribution < -0.4 is 5.32 Å². The summed E-state index contributed by atoms with van der Waals surface area (Å²) < 4.78 is 1.80. The molecule has 17 heavy (non-hydrogen) atoms. The first-order chi connectivity index (χ1) is 8.06. The Morgan fingerprint density at radius 1 is 1.71 bits per heavy atom. The maximum absolute atomic E-state index is 11.8. The minimum absolute atomic E-state index is 0.153. The second-order valence-corrected chi connectivity index (χ2v) is 4.19. The van der Waals surface area contributed by atoms with Gasteiger partial charge in [-0.3, -0.25) is 4.79 Å². The van der Waals surface area contributed by atoms with Gasteiger partial charge in [-0.05, 0) is 25.4 Å². The van der Waals surface area contributed by atoms with Gasteiger partial charge in [-0.1, -0.05) is 16.7 Å². The smallest absolute Gasteiger partial charge is 0.267 e. The number of halogens is 1. The molecular formula is C10H14ClN5O. The van der Waals surface area contributed by atoms with Crippen LogP contribution in [0.3, 0.4) is 0 Å². The van der Waals surface area contributed by atoms with Gasteiger partial charge in [-0.15, -0.1) is 0 Å². The van der Waals surface area contributed by atoms with Crippen LogP contribution in [0.1, 0.15) is 30.4 Å². The summed E-state index contributed by atoms with van der Waals surface area (Å²) in [5.74, 6) is -0.223. The van der Waals surface area contributed by atoms with Gasteiger partial charge in [-0.25, -0.2) is 0 Å². The molecule has 92 valence electrons. The van der Waals surface area contributed by atoms with Gasteiger partial charge in [0, 0.05) is 30.2 Å². The van der Waals surface area contributed by atoms with Crippen LogP contribution in [0.25, 0.3) is 10.4 Å². The normalized spacial score (nSPS) is 10.1. The Morgan fingerprint density at radius 3 is 3.00 bits per heavy atom. The van der Waals surface area contributed by atoms with Gasteiger partial charge < -0.3 is 9.88 Å². The van der Waals surface area contributed by atoms with Crippen LogP contribution in [0, 0.1) is 0 Å². The summed E-state index contributed by atoms with van der Waals surface area (Å²) in [5.41, 5.74) is 8.60. The molecule has 0 unspecified atom stereocenters. The Morgan fingerprint density at radius 2 is 2.41 bits per heavy atom. The number of rotatable bonds is 5. The molecule has 1 heterocycles. The molecule has 1 N–H and O–H groups in total. The van der Waals surface area contributed by atoms with E-state index in [4.69, 9.17) is 17.1 Å². The average Bonchev–Trinajstić information content (AvgIpc) is 2.66. The molecule has 0 fully saturated rings. The van der Waals surface area contributed by atoms with Crippen LogP contribution >= 0.6 is 11.6 Å². The van der Waals surface area contributed by atoms with E-state index in [-0.39, 0.29) is 18.5 Å². The predicted molar refractivity (Wildman–Crippen MR) is 66.2 cm³/mol. The van der Waals surface area contributed by atoms with Crippen molar-refractivity contribution < 1.29 is 4.79 Å². The number of carbonyl (C=O) groups excluding carboxylic acids is 1. The Hall–Kier alpha value is -1.65. The second-order valence-electron chi connectivity index (χ2n) is 3.75. The molecule has 1 rings (SSSR count). The molecule has 1 aromatic rings. The molecule has 0 aliphatic rings. The van der Waals surface area contributed by atoms with Crippen LogP contribution in [0.4, 0.5) is 0 Å². The minimum atomic E-state index is -0.223. The van der Waals surface area contributed by atoms with Crippen LogP contribution in [0.2, 0.25) is 5.02 Å². The quantitative estimate of drug-likeness (QED) is 0.373. The zero-order valence-electron chi connectivity index (χ0n) is 9.72. The molecule has 1 amide bonds. The third-order valence-electron chi connectivity index (χ3n) is 2.16. The van der Waals surface area contributed by atoms with E-state index in [0.717, 1.165) is 0 Å². The van der Waals surface area contributed by atoms with E-state index >= 15 is 0 Å². The third kappa shape index (κ3) is 3.69. The number of amides is 1. The van der Waals surface area contributed by atoms with Crippen molar-refractivity contribution in [2.75, 3.05) is 13.1 Å². The van der Waals surface area contributed by atoms with Crippen molar-refractivity contribution in [3.05, 3.63) is 33.4 Å². The van der Waals surface area contributed by atoms with Crippen molar-refractivity contribution in [2.45, 2.75) is 19.9 Å².